The van der Waals surface area contributed by atoms with Crippen LogP contribution in [0.1, 0.15) is 60.8 Å². The number of hydrogen-bond donors (Lipinski definition) is 3. The molecule has 5 nitrogen and oxygen atoms in total. The third-order valence-corrected chi connectivity index (χ3v) is 2.82. The zero-order valence-electron chi connectivity index (χ0n) is 13.6. The Morgan fingerprint density at radius 3 is 2.05 bits per heavy atom. The fraction of sp³-hybridized carbons (Fsp3) is 0.867. The molecule has 118 valence electrons. The fourth-order valence-electron chi connectivity index (χ4n) is 2.34. The summed E-state index contributed by atoms with van der Waals surface area (Å²) >= 11 is 0. The van der Waals surface area contributed by atoms with Crippen molar-refractivity contribution in [1.82, 2.24) is 10.6 Å². The van der Waals surface area contributed by atoms with Crippen LogP contribution in [0.2, 0.25) is 0 Å². The molecule has 0 aliphatic rings. The van der Waals surface area contributed by atoms with Crippen LogP contribution in [0.5, 0.6) is 0 Å². The lowest BCUT2D eigenvalue weighted by atomic mass is 9.87. The van der Waals surface area contributed by atoms with Crippen molar-refractivity contribution < 1.29 is 14.7 Å². The standard InChI is InChI=1S/C15H30N2O3/c1-10(2)7-11(3)16-14(20)17-12(8-13(18)19)9-15(4,5)6/h10-12H,7-9H2,1-6H3,(H,18,19)(H2,16,17,20). The van der Waals surface area contributed by atoms with Gasteiger partial charge in [-0.2, -0.15) is 0 Å². The number of rotatable bonds is 7. The predicted molar refractivity (Wildman–Crippen MR) is 80.7 cm³/mol. The van der Waals surface area contributed by atoms with Gasteiger partial charge in [-0.3, -0.25) is 4.79 Å². The summed E-state index contributed by atoms with van der Waals surface area (Å²) in [5.74, 6) is -0.385. The molecule has 20 heavy (non-hydrogen) atoms. The monoisotopic (exact) mass is 286 g/mol. The van der Waals surface area contributed by atoms with E-state index in [0.29, 0.717) is 12.3 Å². The van der Waals surface area contributed by atoms with E-state index < -0.39 is 5.97 Å². The Labute approximate surface area is 122 Å². The zero-order chi connectivity index (χ0) is 15.9. The van der Waals surface area contributed by atoms with Gasteiger partial charge < -0.3 is 15.7 Å². The summed E-state index contributed by atoms with van der Waals surface area (Å²) in [4.78, 5) is 22.8. The van der Waals surface area contributed by atoms with Crippen molar-refractivity contribution in [2.45, 2.75) is 72.9 Å². The molecule has 0 saturated heterocycles. The van der Waals surface area contributed by atoms with E-state index in [4.69, 9.17) is 5.11 Å². The molecule has 0 aromatic carbocycles. The third kappa shape index (κ3) is 10.6. The van der Waals surface area contributed by atoms with Crippen molar-refractivity contribution >= 4 is 12.0 Å². The van der Waals surface area contributed by atoms with Gasteiger partial charge in [0.05, 0.1) is 6.42 Å². The van der Waals surface area contributed by atoms with E-state index in [0.717, 1.165) is 6.42 Å². The summed E-state index contributed by atoms with van der Waals surface area (Å²) in [5.41, 5.74) is -0.0308. The van der Waals surface area contributed by atoms with Crippen molar-refractivity contribution in [3.05, 3.63) is 0 Å². The molecule has 2 amide bonds. The molecule has 0 saturated carbocycles. The maximum atomic E-state index is 11.9. The van der Waals surface area contributed by atoms with E-state index in [1.807, 2.05) is 27.7 Å². The molecule has 0 spiro atoms. The molecule has 3 N–H and O–H groups in total. The number of aliphatic carboxylic acids is 1. The molecule has 0 rings (SSSR count). The number of hydrogen-bond acceptors (Lipinski definition) is 2. The van der Waals surface area contributed by atoms with Crippen molar-refractivity contribution in [3.8, 4) is 0 Å². The molecule has 0 aliphatic carbocycles. The van der Waals surface area contributed by atoms with E-state index in [1.54, 1.807) is 0 Å². The lowest BCUT2D eigenvalue weighted by Crippen LogP contribution is -2.47. The summed E-state index contributed by atoms with van der Waals surface area (Å²) in [6, 6.07) is -0.553. The van der Waals surface area contributed by atoms with E-state index in [2.05, 4.69) is 24.5 Å². The molecule has 0 aromatic rings. The van der Waals surface area contributed by atoms with Crippen LogP contribution in [0, 0.1) is 11.3 Å². The second kappa shape index (κ2) is 8.12. The van der Waals surface area contributed by atoms with E-state index >= 15 is 0 Å². The first-order valence-electron chi connectivity index (χ1n) is 7.28. The van der Waals surface area contributed by atoms with Crippen LogP contribution in [0.4, 0.5) is 4.79 Å². The van der Waals surface area contributed by atoms with Crippen LogP contribution in [-0.4, -0.2) is 29.2 Å². The van der Waals surface area contributed by atoms with Crippen LogP contribution >= 0.6 is 0 Å². The third-order valence-electron chi connectivity index (χ3n) is 2.82. The molecule has 0 aromatic heterocycles. The number of carbonyl (C=O) groups excluding carboxylic acids is 1. The molecular weight excluding hydrogens is 256 g/mol. The first-order chi connectivity index (χ1) is 8.99. The van der Waals surface area contributed by atoms with Gasteiger partial charge in [-0.15, -0.1) is 0 Å². The van der Waals surface area contributed by atoms with E-state index in [9.17, 15) is 9.59 Å². The fourth-order valence-corrected chi connectivity index (χ4v) is 2.34. The summed E-state index contributed by atoms with van der Waals surface area (Å²) in [6.07, 6.45) is 1.48. The minimum Gasteiger partial charge on any atom is -0.481 e. The zero-order valence-corrected chi connectivity index (χ0v) is 13.6. The Bertz CT molecular complexity index is 322. The van der Waals surface area contributed by atoms with Crippen molar-refractivity contribution in [1.29, 1.82) is 0 Å². The average Bonchev–Trinajstić information content (AvgIpc) is 2.09. The Balaban J connectivity index is 4.41. The number of carbonyl (C=O) groups is 2. The van der Waals surface area contributed by atoms with Gasteiger partial charge in [0.2, 0.25) is 0 Å². The van der Waals surface area contributed by atoms with Crippen molar-refractivity contribution in [2.75, 3.05) is 0 Å². The molecule has 0 radical (unpaired) electrons. The second-order valence-electron chi connectivity index (χ2n) is 7.21. The van der Waals surface area contributed by atoms with Gasteiger partial charge in [-0.05, 0) is 31.1 Å². The highest BCUT2D eigenvalue weighted by molar-refractivity contribution is 5.76. The highest BCUT2D eigenvalue weighted by atomic mass is 16.4. The van der Waals surface area contributed by atoms with Crippen LogP contribution in [0.3, 0.4) is 0 Å². The molecule has 0 aliphatic heterocycles. The Morgan fingerprint density at radius 1 is 1.10 bits per heavy atom. The quantitative estimate of drug-likeness (QED) is 0.673. The minimum absolute atomic E-state index is 0.0308. The van der Waals surface area contributed by atoms with Gasteiger partial charge >= 0.3 is 12.0 Å². The van der Waals surface area contributed by atoms with Crippen molar-refractivity contribution in [2.24, 2.45) is 11.3 Å². The Hall–Kier alpha value is -1.26. The first-order valence-corrected chi connectivity index (χ1v) is 7.28. The summed E-state index contributed by atoms with van der Waals surface area (Å²) in [5, 5.41) is 14.6. The van der Waals surface area contributed by atoms with Gasteiger partial charge in [0.15, 0.2) is 0 Å². The second-order valence-corrected chi connectivity index (χ2v) is 7.21. The number of amides is 2. The van der Waals surface area contributed by atoms with Gasteiger partial charge in [0.1, 0.15) is 0 Å². The average molecular weight is 286 g/mol. The minimum atomic E-state index is -0.894. The molecule has 0 bridgehead atoms. The van der Waals surface area contributed by atoms with Crippen LogP contribution < -0.4 is 10.6 Å². The summed E-state index contributed by atoms with van der Waals surface area (Å²) in [6.45, 7) is 12.2. The van der Waals surface area contributed by atoms with Gasteiger partial charge in [-0.1, -0.05) is 34.6 Å². The van der Waals surface area contributed by atoms with Gasteiger partial charge in [0.25, 0.3) is 0 Å². The predicted octanol–water partition coefficient (Wildman–Crippen LogP) is 3.00. The number of carboxylic acids is 1. The Kier molecular flexibility index (Phi) is 7.61. The maximum Gasteiger partial charge on any atom is 0.315 e. The smallest absolute Gasteiger partial charge is 0.315 e. The van der Waals surface area contributed by atoms with E-state index in [1.165, 1.54) is 0 Å². The SMILES string of the molecule is CC(C)CC(C)NC(=O)NC(CC(=O)O)CC(C)(C)C. The summed E-state index contributed by atoms with van der Waals surface area (Å²) < 4.78 is 0. The molecule has 2 atom stereocenters. The lowest BCUT2D eigenvalue weighted by molar-refractivity contribution is -0.137. The molecule has 5 heteroatoms. The van der Waals surface area contributed by atoms with Crippen LogP contribution in [0.25, 0.3) is 0 Å². The van der Waals surface area contributed by atoms with Crippen LogP contribution in [-0.2, 0) is 4.79 Å². The largest absolute Gasteiger partial charge is 0.481 e. The summed E-state index contributed by atoms with van der Waals surface area (Å²) in [7, 11) is 0. The molecular formula is C15H30N2O3. The highest BCUT2D eigenvalue weighted by Crippen LogP contribution is 2.22. The first kappa shape index (κ1) is 18.7. The maximum absolute atomic E-state index is 11.9. The van der Waals surface area contributed by atoms with E-state index in [-0.39, 0.29) is 30.0 Å². The molecule has 2 unspecified atom stereocenters. The van der Waals surface area contributed by atoms with Crippen LogP contribution in [0.15, 0.2) is 0 Å². The lowest BCUT2D eigenvalue weighted by Gasteiger charge is -2.26. The molecule has 0 heterocycles. The number of nitrogens with one attached hydrogen (secondary N) is 2. The topological polar surface area (TPSA) is 78.4 Å². The number of carboxylic acid groups (broad SMARTS) is 1. The molecule has 0 fully saturated rings. The van der Waals surface area contributed by atoms with Crippen molar-refractivity contribution in [3.63, 3.8) is 0 Å². The van der Waals surface area contributed by atoms with Gasteiger partial charge in [0, 0.05) is 12.1 Å². The number of urea groups is 1. The Morgan fingerprint density at radius 2 is 1.65 bits per heavy atom. The highest BCUT2D eigenvalue weighted by Gasteiger charge is 2.23. The van der Waals surface area contributed by atoms with Gasteiger partial charge in [-0.25, -0.2) is 4.79 Å². The normalized spacial score (nSPS) is 14.8.